The highest BCUT2D eigenvalue weighted by Gasteiger charge is 2.51. The summed E-state index contributed by atoms with van der Waals surface area (Å²) in [6, 6.07) is 0. The molecule has 2 rings (SSSR count). The lowest BCUT2D eigenvalue weighted by Crippen LogP contribution is -2.45. The van der Waals surface area contributed by atoms with Crippen molar-refractivity contribution in [2.75, 3.05) is 6.61 Å². The summed E-state index contributed by atoms with van der Waals surface area (Å²) in [7, 11) is 0. The van der Waals surface area contributed by atoms with E-state index in [1.165, 1.54) is 0 Å². The van der Waals surface area contributed by atoms with Gasteiger partial charge in [-0.05, 0) is 19.3 Å². The molecule has 2 heterocycles. The van der Waals surface area contributed by atoms with E-state index >= 15 is 0 Å². The van der Waals surface area contributed by atoms with Gasteiger partial charge in [0, 0.05) is 6.42 Å². The minimum absolute atomic E-state index is 0.00792. The summed E-state index contributed by atoms with van der Waals surface area (Å²) in [5.74, 6) is 0.655. The number of ether oxygens (including phenoxy) is 1. The molecule has 1 amide bonds. The third-order valence-corrected chi connectivity index (χ3v) is 3.12. The Morgan fingerprint density at radius 2 is 2.31 bits per heavy atom. The Morgan fingerprint density at radius 1 is 1.62 bits per heavy atom. The largest absolute Gasteiger partial charge is 0.356 e. The van der Waals surface area contributed by atoms with Crippen LogP contribution in [0.5, 0.6) is 0 Å². The summed E-state index contributed by atoms with van der Waals surface area (Å²) in [6.45, 7) is 7.03. The van der Waals surface area contributed by atoms with Gasteiger partial charge in [-0.25, -0.2) is 0 Å². The smallest absolute Gasteiger partial charge is 0.225 e. The zero-order valence-corrected chi connectivity index (χ0v) is 8.54. The molecule has 13 heavy (non-hydrogen) atoms. The Morgan fingerprint density at radius 3 is 2.92 bits per heavy atom. The van der Waals surface area contributed by atoms with Crippen LogP contribution in [0.3, 0.4) is 0 Å². The molecule has 2 aliphatic heterocycles. The van der Waals surface area contributed by atoms with Crippen molar-refractivity contribution in [1.82, 2.24) is 4.90 Å². The van der Waals surface area contributed by atoms with Crippen molar-refractivity contribution < 1.29 is 9.53 Å². The molecule has 0 aromatic heterocycles. The summed E-state index contributed by atoms with van der Waals surface area (Å²) in [5.41, 5.74) is -0.00792. The number of nitrogens with zero attached hydrogens (tertiary/aromatic N) is 1. The Balaban J connectivity index is 2.25. The van der Waals surface area contributed by atoms with Crippen molar-refractivity contribution in [2.24, 2.45) is 5.92 Å². The first kappa shape index (κ1) is 9.00. The first-order valence-corrected chi connectivity index (χ1v) is 4.98. The second-order valence-corrected chi connectivity index (χ2v) is 4.71. The van der Waals surface area contributed by atoms with Gasteiger partial charge in [-0.1, -0.05) is 13.8 Å². The lowest BCUT2D eigenvalue weighted by Gasteiger charge is -2.30. The quantitative estimate of drug-likeness (QED) is 0.614. The van der Waals surface area contributed by atoms with E-state index in [0.29, 0.717) is 18.9 Å². The van der Waals surface area contributed by atoms with E-state index in [4.69, 9.17) is 4.74 Å². The van der Waals surface area contributed by atoms with Crippen molar-refractivity contribution in [3.05, 3.63) is 0 Å². The molecule has 0 aromatic carbocycles. The van der Waals surface area contributed by atoms with Crippen LogP contribution < -0.4 is 0 Å². The summed E-state index contributed by atoms with van der Waals surface area (Å²) in [5, 5.41) is 0. The second-order valence-electron chi connectivity index (χ2n) is 4.71. The van der Waals surface area contributed by atoms with Crippen LogP contribution in [0.1, 0.15) is 33.6 Å². The Kier molecular flexibility index (Phi) is 1.88. The molecule has 2 aliphatic rings. The summed E-state index contributed by atoms with van der Waals surface area (Å²) < 4.78 is 5.66. The maximum Gasteiger partial charge on any atom is 0.225 e. The lowest BCUT2D eigenvalue weighted by molar-refractivity contribution is -0.137. The van der Waals surface area contributed by atoms with Crippen LogP contribution in [-0.2, 0) is 9.53 Å². The van der Waals surface area contributed by atoms with Gasteiger partial charge in [-0.15, -0.1) is 0 Å². The molecule has 0 saturated carbocycles. The molecule has 0 aromatic rings. The van der Waals surface area contributed by atoms with Crippen molar-refractivity contribution in [1.29, 1.82) is 0 Å². The fraction of sp³-hybridized carbons (Fsp3) is 0.900. The molecule has 0 unspecified atom stereocenters. The molecular weight excluding hydrogens is 166 g/mol. The van der Waals surface area contributed by atoms with Crippen LogP contribution in [0.15, 0.2) is 0 Å². The minimum Gasteiger partial charge on any atom is -0.356 e. The number of fused-ring (bicyclic) bond motifs is 1. The van der Waals surface area contributed by atoms with Gasteiger partial charge < -0.3 is 9.64 Å². The maximum absolute atomic E-state index is 11.6. The highest BCUT2D eigenvalue weighted by Crippen LogP contribution is 2.39. The monoisotopic (exact) mass is 183 g/mol. The molecule has 0 N–H and O–H groups in total. The van der Waals surface area contributed by atoms with Crippen LogP contribution in [0.25, 0.3) is 0 Å². The summed E-state index contributed by atoms with van der Waals surface area (Å²) >= 11 is 0. The van der Waals surface area contributed by atoms with Gasteiger partial charge in [0.2, 0.25) is 5.91 Å². The molecule has 3 heteroatoms. The Hall–Kier alpha value is -0.570. The van der Waals surface area contributed by atoms with Gasteiger partial charge in [0.1, 0.15) is 6.23 Å². The maximum atomic E-state index is 11.6. The van der Waals surface area contributed by atoms with E-state index in [-0.39, 0.29) is 17.7 Å². The van der Waals surface area contributed by atoms with Crippen molar-refractivity contribution in [3.63, 3.8) is 0 Å². The third-order valence-electron chi connectivity index (χ3n) is 3.12. The van der Waals surface area contributed by atoms with Crippen LogP contribution >= 0.6 is 0 Å². The van der Waals surface area contributed by atoms with E-state index in [1.807, 2.05) is 4.90 Å². The number of amides is 1. The zero-order chi connectivity index (χ0) is 9.64. The van der Waals surface area contributed by atoms with Crippen LogP contribution in [0.4, 0.5) is 0 Å². The van der Waals surface area contributed by atoms with Gasteiger partial charge in [-0.2, -0.15) is 0 Å². The number of hydrogen-bond acceptors (Lipinski definition) is 2. The fourth-order valence-electron chi connectivity index (χ4n) is 2.34. The third kappa shape index (κ3) is 1.17. The predicted molar refractivity (Wildman–Crippen MR) is 49.1 cm³/mol. The zero-order valence-electron chi connectivity index (χ0n) is 8.54. The molecule has 0 spiro atoms. The highest BCUT2D eigenvalue weighted by atomic mass is 16.5. The van der Waals surface area contributed by atoms with Gasteiger partial charge in [-0.3, -0.25) is 4.79 Å². The lowest BCUT2D eigenvalue weighted by atomic mass is 10.0. The SMILES string of the molecule is CC(C)[C@H]1OC[C@]2(C)CCC(=O)N12. The number of hydrogen-bond donors (Lipinski definition) is 0. The van der Waals surface area contributed by atoms with E-state index < -0.39 is 0 Å². The highest BCUT2D eigenvalue weighted by molar-refractivity contribution is 5.80. The molecule has 74 valence electrons. The molecule has 0 bridgehead atoms. The number of rotatable bonds is 1. The molecule has 0 aliphatic carbocycles. The Bertz CT molecular complexity index is 239. The van der Waals surface area contributed by atoms with Crippen LogP contribution in [-0.4, -0.2) is 29.2 Å². The molecule has 2 atom stereocenters. The van der Waals surface area contributed by atoms with Crippen molar-refractivity contribution >= 4 is 5.91 Å². The van der Waals surface area contributed by atoms with Gasteiger partial charge in [0.05, 0.1) is 12.1 Å². The van der Waals surface area contributed by atoms with Crippen LogP contribution in [0.2, 0.25) is 0 Å². The number of carbonyl (C=O) groups excluding carboxylic acids is 1. The summed E-state index contributed by atoms with van der Waals surface area (Å²) in [6.07, 6.45) is 1.66. The molecule has 2 fully saturated rings. The average Bonchev–Trinajstić information content (AvgIpc) is 2.50. The van der Waals surface area contributed by atoms with Gasteiger partial charge in [0.25, 0.3) is 0 Å². The fourth-order valence-corrected chi connectivity index (χ4v) is 2.34. The van der Waals surface area contributed by atoms with Gasteiger partial charge >= 0.3 is 0 Å². The standard InChI is InChI=1S/C10H17NO2/c1-7(2)9-11-8(12)4-5-10(11,3)6-13-9/h7,9H,4-6H2,1-3H3/t9-,10+/m1/s1. The minimum atomic E-state index is -0.00792. The molecule has 3 nitrogen and oxygen atoms in total. The molecule has 0 radical (unpaired) electrons. The molecular formula is C10H17NO2. The summed E-state index contributed by atoms with van der Waals surface area (Å²) in [4.78, 5) is 13.6. The number of carbonyl (C=O) groups is 1. The van der Waals surface area contributed by atoms with E-state index in [0.717, 1.165) is 6.42 Å². The normalized spacial score (nSPS) is 38.9. The topological polar surface area (TPSA) is 29.5 Å². The Labute approximate surface area is 79.0 Å². The first-order valence-electron chi connectivity index (χ1n) is 4.98. The van der Waals surface area contributed by atoms with Crippen LogP contribution in [0, 0.1) is 5.92 Å². The van der Waals surface area contributed by atoms with Gasteiger partial charge in [0.15, 0.2) is 0 Å². The second kappa shape index (κ2) is 2.71. The van der Waals surface area contributed by atoms with E-state index in [2.05, 4.69) is 20.8 Å². The van der Waals surface area contributed by atoms with Crippen molar-refractivity contribution in [3.8, 4) is 0 Å². The predicted octanol–water partition coefficient (Wildman–Crippen LogP) is 1.38. The molecule has 2 saturated heterocycles. The van der Waals surface area contributed by atoms with E-state index in [9.17, 15) is 4.79 Å². The van der Waals surface area contributed by atoms with Crippen molar-refractivity contribution in [2.45, 2.75) is 45.4 Å². The average molecular weight is 183 g/mol. The first-order chi connectivity index (χ1) is 6.04. The van der Waals surface area contributed by atoms with E-state index in [1.54, 1.807) is 0 Å².